The van der Waals surface area contributed by atoms with E-state index in [9.17, 15) is 8.42 Å². The highest BCUT2D eigenvalue weighted by atomic mass is 32.2. The Bertz CT molecular complexity index is 531. The molecule has 0 bridgehead atoms. The minimum absolute atomic E-state index is 0.261. The van der Waals surface area contributed by atoms with Gasteiger partial charge in [0.1, 0.15) is 5.82 Å². The second-order valence-corrected chi connectivity index (χ2v) is 8.65. The van der Waals surface area contributed by atoms with E-state index in [1.807, 2.05) is 30.4 Å². The highest BCUT2D eigenvalue weighted by molar-refractivity contribution is 8.06. The van der Waals surface area contributed by atoms with Crippen LogP contribution in [-0.2, 0) is 10.0 Å². The first-order valence-electron chi connectivity index (χ1n) is 6.51. The van der Waals surface area contributed by atoms with Crippen molar-refractivity contribution in [1.82, 2.24) is 9.71 Å². The van der Waals surface area contributed by atoms with Crippen LogP contribution in [0.3, 0.4) is 0 Å². The number of hydrogen-bond acceptors (Lipinski definition) is 6. The van der Waals surface area contributed by atoms with Crippen molar-refractivity contribution in [3.05, 3.63) is 18.3 Å². The molecule has 1 saturated heterocycles. The molecule has 1 fully saturated rings. The SMILES string of the molecule is CCNc1cc(S(=O)(=O)NCC2CSCCS2)ccn1. The normalized spacial score (nSPS) is 19.8. The molecule has 2 heterocycles. The lowest BCUT2D eigenvalue weighted by Crippen LogP contribution is -2.33. The number of anilines is 1. The van der Waals surface area contributed by atoms with Crippen molar-refractivity contribution in [3.8, 4) is 0 Å². The molecule has 0 radical (unpaired) electrons. The van der Waals surface area contributed by atoms with Crippen LogP contribution in [0.4, 0.5) is 5.82 Å². The van der Waals surface area contributed by atoms with Crippen molar-refractivity contribution in [2.75, 3.05) is 35.7 Å². The summed E-state index contributed by atoms with van der Waals surface area (Å²) in [5.74, 6) is 3.84. The Balaban J connectivity index is 2.00. The molecule has 112 valence electrons. The smallest absolute Gasteiger partial charge is 0.240 e. The summed E-state index contributed by atoms with van der Waals surface area (Å²) in [6.07, 6.45) is 1.51. The maximum Gasteiger partial charge on any atom is 0.240 e. The van der Waals surface area contributed by atoms with Gasteiger partial charge in [0.25, 0.3) is 0 Å². The summed E-state index contributed by atoms with van der Waals surface area (Å²) in [4.78, 5) is 4.34. The number of aromatic nitrogens is 1. The first-order chi connectivity index (χ1) is 9.62. The monoisotopic (exact) mass is 333 g/mol. The molecule has 0 saturated carbocycles. The highest BCUT2D eigenvalue weighted by Gasteiger charge is 2.19. The van der Waals surface area contributed by atoms with E-state index in [2.05, 4.69) is 15.0 Å². The Morgan fingerprint density at radius 2 is 2.30 bits per heavy atom. The average molecular weight is 334 g/mol. The summed E-state index contributed by atoms with van der Waals surface area (Å²) in [6, 6.07) is 3.08. The maximum absolute atomic E-state index is 12.2. The van der Waals surface area contributed by atoms with Gasteiger partial charge in [-0.1, -0.05) is 0 Å². The minimum atomic E-state index is -3.45. The molecule has 2 rings (SSSR count). The Morgan fingerprint density at radius 3 is 3.00 bits per heavy atom. The third-order valence-electron chi connectivity index (χ3n) is 2.79. The second kappa shape index (κ2) is 7.53. The zero-order valence-electron chi connectivity index (χ0n) is 11.3. The molecule has 0 amide bonds. The van der Waals surface area contributed by atoms with E-state index in [1.165, 1.54) is 12.3 Å². The largest absolute Gasteiger partial charge is 0.370 e. The van der Waals surface area contributed by atoms with E-state index >= 15 is 0 Å². The van der Waals surface area contributed by atoms with Crippen LogP contribution in [0.15, 0.2) is 23.2 Å². The third-order valence-corrected chi connectivity index (χ3v) is 7.05. The molecule has 5 nitrogen and oxygen atoms in total. The van der Waals surface area contributed by atoms with Gasteiger partial charge in [0.15, 0.2) is 0 Å². The molecule has 2 N–H and O–H groups in total. The van der Waals surface area contributed by atoms with Gasteiger partial charge in [-0.15, -0.1) is 0 Å². The number of sulfonamides is 1. The molecule has 1 atom stereocenters. The summed E-state index contributed by atoms with van der Waals surface area (Å²) in [5, 5.41) is 3.37. The molecule has 0 aliphatic carbocycles. The van der Waals surface area contributed by atoms with Gasteiger partial charge in [-0.05, 0) is 13.0 Å². The third kappa shape index (κ3) is 4.54. The van der Waals surface area contributed by atoms with Crippen molar-refractivity contribution in [2.45, 2.75) is 17.1 Å². The zero-order valence-corrected chi connectivity index (χ0v) is 13.8. The van der Waals surface area contributed by atoms with E-state index in [0.717, 1.165) is 17.3 Å². The lowest BCUT2D eigenvalue weighted by molar-refractivity contribution is 0.581. The predicted molar refractivity (Wildman–Crippen MR) is 87.2 cm³/mol. The summed E-state index contributed by atoms with van der Waals surface area (Å²) >= 11 is 3.72. The van der Waals surface area contributed by atoms with Crippen molar-refractivity contribution < 1.29 is 8.42 Å². The first kappa shape index (κ1) is 15.9. The molecular weight excluding hydrogens is 314 g/mol. The van der Waals surface area contributed by atoms with Gasteiger partial charge in [-0.2, -0.15) is 23.5 Å². The van der Waals surface area contributed by atoms with Crippen LogP contribution in [0.5, 0.6) is 0 Å². The van der Waals surface area contributed by atoms with Gasteiger partial charge in [-0.3, -0.25) is 0 Å². The fourth-order valence-corrected chi connectivity index (χ4v) is 5.61. The molecule has 8 heteroatoms. The maximum atomic E-state index is 12.2. The molecule has 0 spiro atoms. The number of thioether (sulfide) groups is 2. The van der Waals surface area contributed by atoms with Gasteiger partial charge < -0.3 is 5.32 Å². The summed E-state index contributed by atoms with van der Waals surface area (Å²) < 4.78 is 27.2. The topological polar surface area (TPSA) is 71.1 Å². The van der Waals surface area contributed by atoms with Crippen molar-refractivity contribution >= 4 is 39.4 Å². The number of rotatable bonds is 6. The van der Waals surface area contributed by atoms with Crippen molar-refractivity contribution in [1.29, 1.82) is 0 Å². The average Bonchev–Trinajstić information content (AvgIpc) is 2.47. The van der Waals surface area contributed by atoms with E-state index in [0.29, 0.717) is 24.2 Å². The summed E-state index contributed by atoms with van der Waals surface area (Å²) in [5.41, 5.74) is 0. The van der Waals surface area contributed by atoms with Crippen LogP contribution in [0, 0.1) is 0 Å². The fraction of sp³-hybridized carbons (Fsp3) is 0.583. The van der Waals surface area contributed by atoms with Gasteiger partial charge in [-0.25, -0.2) is 18.1 Å². The summed E-state index contributed by atoms with van der Waals surface area (Å²) in [6.45, 7) is 3.14. The zero-order chi connectivity index (χ0) is 14.4. The first-order valence-corrected chi connectivity index (χ1v) is 10.2. The Morgan fingerprint density at radius 1 is 1.45 bits per heavy atom. The van der Waals surface area contributed by atoms with Crippen LogP contribution in [-0.4, -0.2) is 49.0 Å². The standard InChI is InChI=1S/C12H19N3O2S3/c1-2-13-12-7-11(3-4-14-12)20(16,17)15-8-10-9-18-5-6-19-10/h3-4,7,10,15H,2,5-6,8-9H2,1H3,(H,13,14). The van der Waals surface area contributed by atoms with E-state index in [-0.39, 0.29) is 4.90 Å². The van der Waals surface area contributed by atoms with Crippen LogP contribution >= 0.6 is 23.5 Å². The Kier molecular flexibility index (Phi) is 6.01. The lowest BCUT2D eigenvalue weighted by Gasteiger charge is -2.21. The molecule has 1 unspecified atom stereocenters. The fourth-order valence-electron chi connectivity index (χ4n) is 1.80. The number of pyridine rings is 1. The second-order valence-electron chi connectivity index (χ2n) is 4.33. The molecule has 1 aliphatic heterocycles. The molecule has 1 aromatic heterocycles. The van der Waals surface area contributed by atoms with Crippen LogP contribution in [0.25, 0.3) is 0 Å². The van der Waals surface area contributed by atoms with Gasteiger partial charge >= 0.3 is 0 Å². The van der Waals surface area contributed by atoms with Crippen LogP contribution < -0.4 is 10.0 Å². The van der Waals surface area contributed by atoms with Gasteiger partial charge in [0.05, 0.1) is 4.90 Å². The number of nitrogens with zero attached hydrogens (tertiary/aromatic N) is 1. The number of nitrogens with one attached hydrogen (secondary N) is 2. The highest BCUT2D eigenvalue weighted by Crippen LogP contribution is 2.23. The van der Waals surface area contributed by atoms with Gasteiger partial charge in [0, 0.05) is 47.9 Å². The molecule has 0 aromatic carbocycles. The molecule has 1 aliphatic rings. The summed E-state index contributed by atoms with van der Waals surface area (Å²) in [7, 11) is -3.45. The molecular formula is C12H19N3O2S3. The Hall–Kier alpha value is -0.440. The number of hydrogen-bond donors (Lipinski definition) is 2. The predicted octanol–water partition coefficient (Wildman–Crippen LogP) is 1.64. The van der Waals surface area contributed by atoms with Crippen LogP contribution in [0.2, 0.25) is 0 Å². The van der Waals surface area contributed by atoms with E-state index in [1.54, 1.807) is 6.07 Å². The van der Waals surface area contributed by atoms with E-state index in [4.69, 9.17) is 0 Å². The lowest BCUT2D eigenvalue weighted by atomic mass is 10.4. The quantitative estimate of drug-likeness (QED) is 0.825. The molecule has 20 heavy (non-hydrogen) atoms. The van der Waals surface area contributed by atoms with Gasteiger partial charge in [0.2, 0.25) is 10.0 Å². The van der Waals surface area contributed by atoms with Crippen molar-refractivity contribution in [2.24, 2.45) is 0 Å². The van der Waals surface area contributed by atoms with Crippen molar-refractivity contribution in [3.63, 3.8) is 0 Å². The van der Waals surface area contributed by atoms with Crippen LogP contribution in [0.1, 0.15) is 6.92 Å². The Labute approximate surface area is 128 Å². The minimum Gasteiger partial charge on any atom is -0.370 e. The molecule has 1 aromatic rings. The van der Waals surface area contributed by atoms with E-state index < -0.39 is 10.0 Å².